The van der Waals surface area contributed by atoms with Crippen molar-refractivity contribution in [3.05, 3.63) is 12.2 Å². The molecule has 0 aromatic carbocycles. The molecule has 0 N–H and O–H groups in total. The average molecular weight is 266 g/mol. The smallest absolute Gasteiger partial charge is 0.321 e. The van der Waals surface area contributed by atoms with Crippen LogP contribution in [0.3, 0.4) is 0 Å². The van der Waals surface area contributed by atoms with Crippen molar-refractivity contribution < 1.29 is 28.7 Å². The van der Waals surface area contributed by atoms with Crippen molar-refractivity contribution >= 4 is 23.9 Å². The Balaban J connectivity index is 2.03. The molecule has 0 amide bonds. The van der Waals surface area contributed by atoms with Gasteiger partial charge in [-0.15, -0.1) is 0 Å². The number of ether oxygens (including phenoxy) is 2. The van der Waals surface area contributed by atoms with Crippen LogP contribution in [0.2, 0.25) is 0 Å². The summed E-state index contributed by atoms with van der Waals surface area (Å²) < 4.78 is 8.94. The Labute approximate surface area is 109 Å². The summed E-state index contributed by atoms with van der Waals surface area (Å²) in [5.41, 5.74) is 0. The molecule has 0 bridgehead atoms. The van der Waals surface area contributed by atoms with Crippen molar-refractivity contribution in [3.63, 3.8) is 0 Å². The molecule has 0 aliphatic carbocycles. The van der Waals surface area contributed by atoms with Crippen LogP contribution < -0.4 is 0 Å². The van der Waals surface area contributed by atoms with E-state index in [4.69, 9.17) is 0 Å². The number of hydrogen-bond acceptors (Lipinski definition) is 6. The molecule has 6 heteroatoms. The quantitative estimate of drug-likeness (QED) is 0.424. The molecule has 3 atom stereocenters. The number of allylic oxidation sites excluding steroid dienone is 1. The molecule has 0 saturated carbocycles. The van der Waals surface area contributed by atoms with Gasteiger partial charge in [0, 0.05) is 0 Å². The molecule has 0 radical (unpaired) electrons. The largest absolute Gasteiger partial charge is 0.393 e. The zero-order valence-electron chi connectivity index (χ0n) is 10.5. The van der Waals surface area contributed by atoms with Crippen molar-refractivity contribution in [2.75, 3.05) is 0 Å². The monoisotopic (exact) mass is 266 g/mol. The van der Waals surface area contributed by atoms with Gasteiger partial charge in [-0.2, -0.15) is 0 Å². The molecule has 2 rings (SSSR count). The molecule has 2 fully saturated rings. The summed E-state index contributed by atoms with van der Waals surface area (Å²) in [6, 6.07) is 0. The normalized spacial score (nSPS) is 28.9. The number of carbonyl (C=O) groups excluding carboxylic acids is 4. The van der Waals surface area contributed by atoms with Crippen molar-refractivity contribution in [1.82, 2.24) is 0 Å². The van der Waals surface area contributed by atoms with Crippen LogP contribution in [0.5, 0.6) is 0 Å². The lowest BCUT2D eigenvalue weighted by atomic mass is 9.87. The summed E-state index contributed by atoms with van der Waals surface area (Å²) in [5.74, 6) is -3.41. The lowest BCUT2D eigenvalue weighted by Gasteiger charge is -2.13. The number of cyclic esters (lactones) is 4. The van der Waals surface area contributed by atoms with Gasteiger partial charge < -0.3 is 9.47 Å². The van der Waals surface area contributed by atoms with Gasteiger partial charge in [-0.05, 0) is 12.3 Å². The topological polar surface area (TPSA) is 86.7 Å². The molecule has 6 nitrogen and oxygen atoms in total. The fourth-order valence-electron chi connectivity index (χ4n) is 2.29. The summed E-state index contributed by atoms with van der Waals surface area (Å²) >= 11 is 0. The van der Waals surface area contributed by atoms with Gasteiger partial charge in [0.25, 0.3) is 0 Å². The van der Waals surface area contributed by atoms with E-state index < -0.39 is 35.7 Å². The molecule has 19 heavy (non-hydrogen) atoms. The first-order valence-corrected chi connectivity index (χ1v) is 6.18. The second kappa shape index (κ2) is 5.34. The number of esters is 4. The SMILES string of the molecule is CCC(C=CC1CC(=O)OC1=O)C1CC(=O)OC1=O. The lowest BCUT2D eigenvalue weighted by Crippen LogP contribution is -2.17. The highest BCUT2D eigenvalue weighted by Crippen LogP contribution is 2.29. The van der Waals surface area contributed by atoms with Crippen LogP contribution in [0.15, 0.2) is 12.2 Å². The van der Waals surface area contributed by atoms with Gasteiger partial charge in [-0.25, -0.2) is 0 Å². The van der Waals surface area contributed by atoms with E-state index in [1.165, 1.54) is 0 Å². The first-order chi connectivity index (χ1) is 9.01. The summed E-state index contributed by atoms with van der Waals surface area (Å²) in [6.07, 6.45) is 4.02. The van der Waals surface area contributed by atoms with Crippen LogP contribution in [-0.2, 0) is 28.7 Å². The van der Waals surface area contributed by atoms with Crippen LogP contribution in [-0.4, -0.2) is 23.9 Å². The maximum atomic E-state index is 11.5. The molecule has 2 aliphatic heterocycles. The van der Waals surface area contributed by atoms with E-state index in [2.05, 4.69) is 9.47 Å². The van der Waals surface area contributed by atoms with Crippen molar-refractivity contribution in [2.45, 2.75) is 26.2 Å². The second-order valence-electron chi connectivity index (χ2n) is 4.66. The molecule has 2 saturated heterocycles. The van der Waals surface area contributed by atoms with Gasteiger partial charge in [0.1, 0.15) is 0 Å². The zero-order chi connectivity index (χ0) is 14.0. The standard InChI is InChI=1S/C13H14O6/c1-2-7(9-6-11(15)19-13(9)17)3-4-8-5-10(14)18-12(8)16/h3-4,7-9H,2,5-6H2,1H3. The fourth-order valence-corrected chi connectivity index (χ4v) is 2.29. The van der Waals surface area contributed by atoms with Gasteiger partial charge in [0.2, 0.25) is 0 Å². The van der Waals surface area contributed by atoms with E-state index in [0.717, 1.165) is 0 Å². The zero-order valence-corrected chi connectivity index (χ0v) is 10.5. The first kappa shape index (κ1) is 13.5. The third kappa shape index (κ3) is 2.89. The van der Waals surface area contributed by atoms with Crippen LogP contribution in [0.4, 0.5) is 0 Å². The summed E-state index contributed by atoms with van der Waals surface area (Å²) in [4.78, 5) is 44.7. The molecule has 0 spiro atoms. The minimum absolute atomic E-state index is 0.0276. The average Bonchev–Trinajstić information content (AvgIpc) is 2.83. The Morgan fingerprint density at radius 1 is 1.11 bits per heavy atom. The second-order valence-corrected chi connectivity index (χ2v) is 4.66. The van der Waals surface area contributed by atoms with Gasteiger partial charge in [0.05, 0.1) is 24.7 Å². The van der Waals surface area contributed by atoms with Gasteiger partial charge >= 0.3 is 23.9 Å². The highest BCUT2D eigenvalue weighted by molar-refractivity contribution is 5.96. The van der Waals surface area contributed by atoms with E-state index in [9.17, 15) is 19.2 Å². The minimum Gasteiger partial charge on any atom is -0.393 e. The van der Waals surface area contributed by atoms with Crippen LogP contribution in [0, 0.1) is 17.8 Å². The third-order valence-electron chi connectivity index (χ3n) is 3.39. The Hall–Kier alpha value is -1.98. The van der Waals surface area contributed by atoms with E-state index >= 15 is 0 Å². The van der Waals surface area contributed by atoms with Crippen LogP contribution in [0.25, 0.3) is 0 Å². The number of rotatable bonds is 4. The Bertz CT molecular complexity index is 464. The van der Waals surface area contributed by atoms with Crippen molar-refractivity contribution in [3.8, 4) is 0 Å². The van der Waals surface area contributed by atoms with Crippen LogP contribution >= 0.6 is 0 Å². The first-order valence-electron chi connectivity index (χ1n) is 6.18. The lowest BCUT2D eigenvalue weighted by molar-refractivity contribution is -0.154. The Kier molecular flexibility index (Phi) is 3.78. The third-order valence-corrected chi connectivity index (χ3v) is 3.39. The fraction of sp³-hybridized carbons (Fsp3) is 0.538. The minimum atomic E-state index is -0.588. The van der Waals surface area contributed by atoms with Crippen LogP contribution in [0.1, 0.15) is 26.2 Å². The predicted molar refractivity (Wildman–Crippen MR) is 61.3 cm³/mol. The summed E-state index contributed by atoms with van der Waals surface area (Å²) in [5, 5.41) is 0. The van der Waals surface area contributed by atoms with E-state index in [1.54, 1.807) is 12.2 Å². The molecule has 2 aliphatic rings. The number of hydrogen-bond donors (Lipinski definition) is 0. The Morgan fingerprint density at radius 2 is 1.74 bits per heavy atom. The molecule has 2 heterocycles. The predicted octanol–water partition coefficient (Wildman–Crippen LogP) is 0.748. The van der Waals surface area contributed by atoms with Gasteiger partial charge in [-0.3, -0.25) is 19.2 Å². The summed E-state index contributed by atoms with van der Waals surface area (Å²) in [6.45, 7) is 1.88. The molecule has 0 aromatic rings. The molecule has 0 aromatic heterocycles. The van der Waals surface area contributed by atoms with E-state index in [0.29, 0.717) is 6.42 Å². The maximum absolute atomic E-state index is 11.5. The molecular weight excluding hydrogens is 252 g/mol. The van der Waals surface area contributed by atoms with E-state index in [-0.39, 0.29) is 18.8 Å². The van der Waals surface area contributed by atoms with Crippen molar-refractivity contribution in [2.24, 2.45) is 17.8 Å². The highest BCUT2D eigenvalue weighted by atomic mass is 16.6. The number of carbonyl (C=O) groups is 4. The van der Waals surface area contributed by atoms with Crippen molar-refractivity contribution in [1.29, 1.82) is 0 Å². The van der Waals surface area contributed by atoms with Gasteiger partial charge in [-0.1, -0.05) is 19.1 Å². The maximum Gasteiger partial charge on any atom is 0.321 e. The molecule has 102 valence electrons. The van der Waals surface area contributed by atoms with E-state index in [1.807, 2.05) is 6.92 Å². The Morgan fingerprint density at radius 3 is 2.21 bits per heavy atom. The summed E-state index contributed by atoms with van der Waals surface area (Å²) in [7, 11) is 0. The van der Waals surface area contributed by atoms with Gasteiger partial charge in [0.15, 0.2) is 0 Å². The highest BCUT2D eigenvalue weighted by Gasteiger charge is 2.38. The molecule has 3 unspecified atom stereocenters. The molecular formula is C13H14O6.